The van der Waals surface area contributed by atoms with E-state index in [9.17, 15) is 0 Å². The Labute approximate surface area is 79.4 Å². The van der Waals surface area contributed by atoms with Crippen molar-refractivity contribution in [1.29, 1.82) is 0 Å². The number of rotatable bonds is 5. The van der Waals surface area contributed by atoms with E-state index in [4.69, 9.17) is 5.84 Å². The fourth-order valence-electron chi connectivity index (χ4n) is 1.32. The molecule has 1 aromatic carbocycles. The standard InChI is InChI=1S/C11H16N2/c1-2-3-9-11(13-12)10-7-5-4-6-8-10/h2,4-8,11,13H,1,3,9,12H2. The Morgan fingerprint density at radius 3 is 2.62 bits per heavy atom. The van der Waals surface area contributed by atoms with Crippen LogP contribution in [0.2, 0.25) is 0 Å². The average molecular weight is 176 g/mol. The molecule has 0 bridgehead atoms. The van der Waals surface area contributed by atoms with Gasteiger partial charge in [-0.2, -0.15) is 0 Å². The summed E-state index contributed by atoms with van der Waals surface area (Å²) in [6.45, 7) is 3.69. The van der Waals surface area contributed by atoms with Gasteiger partial charge in [0.1, 0.15) is 0 Å². The fourth-order valence-corrected chi connectivity index (χ4v) is 1.32. The second-order valence-corrected chi connectivity index (χ2v) is 3.00. The summed E-state index contributed by atoms with van der Waals surface area (Å²) in [6, 6.07) is 10.4. The molecule has 1 rings (SSSR count). The largest absolute Gasteiger partial charge is 0.271 e. The Morgan fingerprint density at radius 2 is 2.08 bits per heavy atom. The molecule has 0 aliphatic rings. The Bertz CT molecular complexity index is 244. The van der Waals surface area contributed by atoms with Crippen molar-refractivity contribution in [3.8, 4) is 0 Å². The number of benzene rings is 1. The van der Waals surface area contributed by atoms with Crippen molar-refractivity contribution in [3.63, 3.8) is 0 Å². The lowest BCUT2D eigenvalue weighted by Gasteiger charge is -2.14. The van der Waals surface area contributed by atoms with Gasteiger partial charge in [0.15, 0.2) is 0 Å². The molecule has 0 spiro atoms. The minimum absolute atomic E-state index is 0.235. The molecule has 0 aromatic heterocycles. The molecule has 0 amide bonds. The lowest BCUT2D eigenvalue weighted by atomic mass is 10.0. The maximum Gasteiger partial charge on any atom is 0.0462 e. The van der Waals surface area contributed by atoms with Gasteiger partial charge < -0.3 is 0 Å². The van der Waals surface area contributed by atoms with Crippen LogP contribution in [0.15, 0.2) is 43.0 Å². The van der Waals surface area contributed by atoms with Gasteiger partial charge in [-0.15, -0.1) is 6.58 Å². The molecule has 0 saturated carbocycles. The Hall–Kier alpha value is -1.12. The topological polar surface area (TPSA) is 38.0 Å². The first kappa shape index (κ1) is 9.96. The highest BCUT2D eigenvalue weighted by molar-refractivity contribution is 5.18. The summed E-state index contributed by atoms with van der Waals surface area (Å²) in [7, 11) is 0. The van der Waals surface area contributed by atoms with Crippen molar-refractivity contribution in [2.75, 3.05) is 0 Å². The van der Waals surface area contributed by atoms with E-state index in [1.807, 2.05) is 24.3 Å². The molecule has 0 saturated heterocycles. The lowest BCUT2D eigenvalue weighted by Crippen LogP contribution is -2.27. The van der Waals surface area contributed by atoms with Gasteiger partial charge in [0.25, 0.3) is 0 Å². The highest BCUT2D eigenvalue weighted by Crippen LogP contribution is 2.16. The minimum atomic E-state index is 0.235. The van der Waals surface area contributed by atoms with E-state index in [1.165, 1.54) is 5.56 Å². The number of hydrazine groups is 1. The van der Waals surface area contributed by atoms with Crippen LogP contribution in [-0.2, 0) is 0 Å². The maximum absolute atomic E-state index is 5.46. The molecule has 2 heteroatoms. The quantitative estimate of drug-likeness (QED) is 0.410. The third-order valence-corrected chi connectivity index (χ3v) is 2.06. The molecule has 13 heavy (non-hydrogen) atoms. The molecule has 2 nitrogen and oxygen atoms in total. The summed E-state index contributed by atoms with van der Waals surface area (Å²) in [5.74, 6) is 5.46. The van der Waals surface area contributed by atoms with Crippen LogP contribution in [0.5, 0.6) is 0 Å². The van der Waals surface area contributed by atoms with Crippen LogP contribution in [0.3, 0.4) is 0 Å². The number of allylic oxidation sites excluding steroid dienone is 1. The van der Waals surface area contributed by atoms with Gasteiger partial charge in [0, 0.05) is 6.04 Å². The average Bonchev–Trinajstić information content (AvgIpc) is 2.21. The zero-order valence-corrected chi connectivity index (χ0v) is 7.74. The first-order valence-electron chi connectivity index (χ1n) is 4.50. The summed E-state index contributed by atoms with van der Waals surface area (Å²) < 4.78 is 0. The van der Waals surface area contributed by atoms with E-state index in [0.717, 1.165) is 12.8 Å². The summed E-state index contributed by atoms with van der Waals surface area (Å²) in [6.07, 6.45) is 3.88. The number of nitrogens with one attached hydrogen (secondary N) is 1. The molecular weight excluding hydrogens is 160 g/mol. The van der Waals surface area contributed by atoms with Gasteiger partial charge >= 0.3 is 0 Å². The summed E-state index contributed by atoms with van der Waals surface area (Å²) in [5, 5.41) is 0. The minimum Gasteiger partial charge on any atom is -0.271 e. The van der Waals surface area contributed by atoms with Crippen molar-refractivity contribution in [2.45, 2.75) is 18.9 Å². The van der Waals surface area contributed by atoms with E-state index in [1.54, 1.807) is 0 Å². The van der Waals surface area contributed by atoms with Gasteiger partial charge in [0.2, 0.25) is 0 Å². The molecule has 0 heterocycles. The predicted molar refractivity (Wildman–Crippen MR) is 55.9 cm³/mol. The SMILES string of the molecule is C=CCCC(NN)c1ccccc1. The second kappa shape index (κ2) is 5.51. The van der Waals surface area contributed by atoms with Crippen LogP contribution in [-0.4, -0.2) is 0 Å². The highest BCUT2D eigenvalue weighted by Gasteiger charge is 2.06. The van der Waals surface area contributed by atoms with Crippen LogP contribution in [0.25, 0.3) is 0 Å². The molecule has 1 aromatic rings. The second-order valence-electron chi connectivity index (χ2n) is 3.00. The monoisotopic (exact) mass is 176 g/mol. The Balaban J connectivity index is 2.61. The fraction of sp³-hybridized carbons (Fsp3) is 0.273. The number of nitrogens with two attached hydrogens (primary N) is 1. The zero-order chi connectivity index (χ0) is 9.52. The zero-order valence-electron chi connectivity index (χ0n) is 7.74. The van der Waals surface area contributed by atoms with E-state index in [-0.39, 0.29) is 6.04 Å². The van der Waals surface area contributed by atoms with Crippen LogP contribution < -0.4 is 11.3 Å². The number of hydrogen-bond donors (Lipinski definition) is 2. The van der Waals surface area contributed by atoms with Gasteiger partial charge in [-0.25, -0.2) is 0 Å². The maximum atomic E-state index is 5.46. The van der Waals surface area contributed by atoms with Crippen molar-refractivity contribution in [2.24, 2.45) is 5.84 Å². The third kappa shape index (κ3) is 3.01. The molecule has 0 radical (unpaired) electrons. The molecule has 0 fully saturated rings. The van der Waals surface area contributed by atoms with Gasteiger partial charge in [-0.05, 0) is 18.4 Å². The molecule has 0 aliphatic carbocycles. The van der Waals surface area contributed by atoms with E-state index < -0.39 is 0 Å². The van der Waals surface area contributed by atoms with E-state index in [0.29, 0.717) is 0 Å². The molecule has 1 unspecified atom stereocenters. The van der Waals surface area contributed by atoms with Gasteiger partial charge in [-0.3, -0.25) is 11.3 Å². The predicted octanol–water partition coefficient (Wildman–Crippen LogP) is 2.16. The van der Waals surface area contributed by atoms with Crippen molar-refractivity contribution < 1.29 is 0 Å². The van der Waals surface area contributed by atoms with Gasteiger partial charge in [-0.1, -0.05) is 36.4 Å². The Morgan fingerprint density at radius 1 is 1.38 bits per heavy atom. The summed E-state index contributed by atoms with van der Waals surface area (Å²) >= 11 is 0. The lowest BCUT2D eigenvalue weighted by molar-refractivity contribution is 0.521. The van der Waals surface area contributed by atoms with Crippen LogP contribution in [0, 0.1) is 0 Å². The van der Waals surface area contributed by atoms with E-state index >= 15 is 0 Å². The van der Waals surface area contributed by atoms with Crippen molar-refractivity contribution >= 4 is 0 Å². The van der Waals surface area contributed by atoms with Crippen molar-refractivity contribution in [1.82, 2.24) is 5.43 Å². The number of hydrogen-bond acceptors (Lipinski definition) is 2. The molecule has 3 N–H and O–H groups in total. The van der Waals surface area contributed by atoms with Crippen LogP contribution in [0.4, 0.5) is 0 Å². The van der Waals surface area contributed by atoms with Crippen LogP contribution >= 0.6 is 0 Å². The summed E-state index contributed by atoms with van der Waals surface area (Å²) in [5.41, 5.74) is 4.03. The molecule has 1 atom stereocenters. The normalized spacial score (nSPS) is 12.4. The third-order valence-electron chi connectivity index (χ3n) is 2.06. The highest BCUT2D eigenvalue weighted by atomic mass is 15.2. The first-order valence-corrected chi connectivity index (χ1v) is 4.50. The van der Waals surface area contributed by atoms with Crippen LogP contribution in [0.1, 0.15) is 24.4 Å². The van der Waals surface area contributed by atoms with Gasteiger partial charge in [0.05, 0.1) is 0 Å². The Kier molecular flexibility index (Phi) is 4.23. The molecular formula is C11H16N2. The molecule has 70 valence electrons. The van der Waals surface area contributed by atoms with Crippen molar-refractivity contribution in [3.05, 3.63) is 48.6 Å². The molecule has 0 aliphatic heterocycles. The first-order chi connectivity index (χ1) is 6.38. The van der Waals surface area contributed by atoms with E-state index in [2.05, 4.69) is 24.1 Å². The summed E-state index contributed by atoms with van der Waals surface area (Å²) in [4.78, 5) is 0. The smallest absolute Gasteiger partial charge is 0.0462 e.